The molecular formula is C22H24Cl2N2O3. The molecule has 2 saturated heterocycles. The van der Waals surface area contributed by atoms with E-state index in [1.165, 1.54) is 7.11 Å². The number of carbonyl (C=O) groups excluding carboxylic acids is 1. The van der Waals surface area contributed by atoms with E-state index in [9.17, 15) is 9.90 Å². The number of amides is 1. The zero-order valence-corrected chi connectivity index (χ0v) is 17.8. The van der Waals surface area contributed by atoms with Gasteiger partial charge in [0.2, 0.25) is 0 Å². The van der Waals surface area contributed by atoms with E-state index in [4.69, 9.17) is 27.9 Å². The molecule has 1 amide bonds. The Balaban J connectivity index is 1.46. The van der Waals surface area contributed by atoms with Crippen LogP contribution >= 0.6 is 23.2 Å². The summed E-state index contributed by atoms with van der Waals surface area (Å²) in [6.07, 6.45) is 1.46. The number of nitrogens with zero attached hydrogens (tertiary/aromatic N) is 2. The summed E-state index contributed by atoms with van der Waals surface area (Å²) in [5.41, 5.74) is 0.471. The first kappa shape index (κ1) is 20.5. The Hall–Kier alpha value is -1.79. The van der Waals surface area contributed by atoms with Gasteiger partial charge in [0.15, 0.2) is 0 Å². The van der Waals surface area contributed by atoms with Gasteiger partial charge in [0, 0.05) is 37.2 Å². The number of hydrogen-bond acceptors (Lipinski definition) is 4. The predicted octanol–water partition coefficient (Wildman–Crippen LogP) is 3.81. The standard InChI is InChI=1S/C22H24Cl2N2O3/c1-29-19-4-2-3-18(20(19)24)21(27)25-11-12-26-14-22(28,10-9-17(26)13-25)15-5-7-16(23)8-6-15/h2-8,17,28H,9-14H2,1H3. The lowest BCUT2D eigenvalue weighted by Crippen LogP contribution is -2.60. The summed E-state index contributed by atoms with van der Waals surface area (Å²) < 4.78 is 5.23. The third-order valence-electron chi connectivity index (χ3n) is 6.04. The summed E-state index contributed by atoms with van der Waals surface area (Å²) in [5.74, 6) is 0.425. The molecule has 0 aliphatic carbocycles. The van der Waals surface area contributed by atoms with Crippen LogP contribution in [-0.2, 0) is 5.60 Å². The van der Waals surface area contributed by atoms with Crippen molar-refractivity contribution in [2.24, 2.45) is 0 Å². The predicted molar refractivity (Wildman–Crippen MR) is 114 cm³/mol. The molecule has 0 saturated carbocycles. The van der Waals surface area contributed by atoms with Crippen molar-refractivity contribution in [1.29, 1.82) is 0 Å². The fourth-order valence-corrected chi connectivity index (χ4v) is 4.79. The number of aliphatic hydroxyl groups is 1. The lowest BCUT2D eigenvalue weighted by atomic mass is 9.82. The van der Waals surface area contributed by atoms with Crippen molar-refractivity contribution in [2.45, 2.75) is 24.5 Å². The van der Waals surface area contributed by atoms with Crippen molar-refractivity contribution in [3.05, 3.63) is 63.6 Å². The Bertz CT molecular complexity index is 905. The average molecular weight is 435 g/mol. The summed E-state index contributed by atoms with van der Waals surface area (Å²) in [4.78, 5) is 17.2. The zero-order chi connectivity index (χ0) is 20.6. The molecule has 154 valence electrons. The molecule has 0 spiro atoms. The number of ether oxygens (including phenoxy) is 1. The van der Waals surface area contributed by atoms with Gasteiger partial charge < -0.3 is 14.7 Å². The summed E-state index contributed by atoms with van der Waals surface area (Å²) in [6, 6.07) is 12.9. The third kappa shape index (κ3) is 3.97. The van der Waals surface area contributed by atoms with Crippen LogP contribution in [0.2, 0.25) is 10.0 Å². The molecule has 0 aromatic heterocycles. The first-order chi connectivity index (χ1) is 13.9. The number of benzene rings is 2. The highest BCUT2D eigenvalue weighted by Gasteiger charge is 2.42. The molecule has 2 atom stereocenters. The van der Waals surface area contributed by atoms with Gasteiger partial charge in [0.05, 0.1) is 17.7 Å². The highest BCUT2D eigenvalue weighted by atomic mass is 35.5. The molecule has 2 heterocycles. The van der Waals surface area contributed by atoms with Crippen LogP contribution in [-0.4, -0.2) is 60.1 Å². The van der Waals surface area contributed by atoms with Crippen LogP contribution in [0.1, 0.15) is 28.8 Å². The van der Waals surface area contributed by atoms with Crippen LogP contribution < -0.4 is 4.74 Å². The highest BCUT2D eigenvalue weighted by molar-refractivity contribution is 6.35. The van der Waals surface area contributed by atoms with E-state index in [1.54, 1.807) is 18.2 Å². The molecule has 5 nitrogen and oxygen atoms in total. The lowest BCUT2D eigenvalue weighted by Gasteiger charge is -2.49. The van der Waals surface area contributed by atoms with Crippen molar-refractivity contribution in [3.63, 3.8) is 0 Å². The Labute approximate surface area is 180 Å². The molecule has 2 fully saturated rings. The van der Waals surface area contributed by atoms with E-state index in [-0.39, 0.29) is 11.9 Å². The molecule has 0 radical (unpaired) electrons. The van der Waals surface area contributed by atoms with Gasteiger partial charge in [0.25, 0.3) is 5.91 Å². The number of methoxy groups -OCH3 is 1. The number of halogens is 2. The lowest BCUT2D eigenvalue weighted by molar-refractivity contribution is -0.0740. The van der Waals surface area contributed by atoms with Gasteiger partial charge in [0.1, 0.15) is 11.4 Å². The number of piperazine rings is 1. The van der Waals surface area contributed by atoms with Crippen LogP contribution in [0.15, 0.2) is 42.5 Å². The number of hydrogen-bond donors (Lipinski definition) is 1. The van der Waals surface area contributed by atoms with Crippen LogP contribution in [0.4, 0.5) is 0 Å². The van der Waals surface area contributed by atoms with Gasteiger partial charge in [-0.1, -0.05) is 41.4 Å². The minimum atomic E-state index is -0.886. The van der Waals surface area contributed by atoms with Crippen LogP contribution in [0.3, 0.4) is 0 Å². The Morgan fingerprint density at radius 1 is 1.17 bits per heavy atom. The van der Waals surface area contributed by atoms with E-state index in [0.29, 0.717) is 54.0 Å². The smallest absolute Gasteiger partial charge is 0.255 e. The molecule has 2 aliphatic rings. The molecule has 2 aromatic rings. The Morgan fingerprint density at radius 3 is 2.66 bits per heavy atom. The second-order valence-electron chi connectivity index (χ2n) is 7.77. The summed E-state index contributed by atoms with van der Waals surface area (Å²) in [6.45, 7) is 2.50. The maximum Gasteiger partial charge on any atom is 0.255 e. The third-order valence-corrected chi connectivity index (χ3v) is 6.68. The van der Waals surface area contributed by atoms with Crippen LogP contribution in [0, 0.1) is 0 Å². The van der Waals surface area contributed by atoms with Gasteiger partial charge in [-0.05, 0) is 42.7 Å². The number of fused-ring (bicyclic) bond motifs is 1. The molecule has 2 aliphatic heterocycles. The summed E-state index contributed by atoms with van der Waals surface area (Å²) in [7, 11) is 1.54. The molecule has 29 heavy (non-hydrogen) atoms. The molecular weight excluding hydrogens is 411 g/mol. The topological polar surface area (TPSA) is 53.0 Å². The van der Waals surface area contributed by atoms with E-state index in [2.05, 4.69) is 4.90 Å². The Kier molecular flexibility index (Phi) is 5.76. The van der Waals surface area contributed by atoms with Crippen LogP contribution in [0.5, 0.6) is 5.75 Å². The van der Waals surface area contributed by atoms with E-state index >= 15 is 0 Å². The highest BCUT2D eigenvalue weighted by Crippen LogP contribution is 2.36. The minimum absolute atomic E-state index is 0.0768. The van der Waals surface area contributed by atoms with Gasteiger partial charge in [-0.15, -0.1) is 0 Å². The van der Waals surface area contributed by atoms with E-state index in [0.717, 1.165) is 12.0 Å². The van der Waals surface area contributed by atoms with Crippen molar-refractivity contribution in [1.82, 2.24) is 9.80 Å². The zero-order valence-electron chi connectivity index (χ0n) is 16.3. The van der Waals surface area contributed by atoms with E-state index in [1.807, 2.05) is 29.2 Å². The average Bonchev–Trinajstić information content (AvgIpc) is 2.73. The maximum absolute atomic E-state index is 13.0. The molecule has 4 rings (SSSR count). The number of carbonyl (C=O) groups is 1. The Morgan fingerprint density at radius 2 is 1.93 bits per heavy atom. The summed E-state index contributed by atoms with van der Waals surface area (Å²) in [5, 5.41) is 12.2. The molecule has 2 unspecified atom stereocenters. The van der Waals surface area contributed by atoms with Gasteiger partial charge in [-0.25, -0.2) is 0 Å². The largest absolute Gasteiger partial charge is 0.495 e. The molecule has 1 N–H and O–H groups in total. The van der Waals surface area contributed by atoms with E-state index < -0.39 is 5.60 Å². The van der Waals surface area contributed by atoms with Crippen molar-refractivity contribution < 1.29 is 14.6 Å². The van der Waals surface area contributed by atoms with Crippen LogP contribution in [0.25, 0.3) is 0 Å². The second-order valence-corrected chi connectivity index (χ2v) is 8.59. The fourth-order valence-electron chi connectivity index (χ4n) is 4.38. The molecule has 7 heteroatoms. The van der Waals surface area contributed by atoms with Gasteiger partial charge in [-0.3, -0.25) is 9.69 Å². The SMILES string of the molecule is COc1cccc(C(=O)N2CCN3CC(O)(c4ccc(Cl)cc4)CCC3C2)c1Cl. The van der Waals surface area contributed by atoms with Crippen molar-refractivity contribution >= 4 is 29.1 Å². The summed E-state index contributed by atoms with van der Waals surface area (Å²) >= 11 is 12.3. The monoisotopic (exact) mass is 434 g/mol. The number of piperidine rings is 1. The second kappa shape index (κ2) is 8.15. The van der Waals surface area contributed by atoms with Crippen molar-refractivity contribution in [2.75, 3.05) is 33.3 Å². The quantitative estimate of drug-likeness (QED) is 0.797. The molecule has 2 aromatic carbocycles. The fraction of sp³-hybridized carbons (Fsp3) is 0.409. The van der Waals surface area contributed by atoms with Crippen molar-refractivity contribution in [3.8, 4) is 5.75 Å². The first-order valence-corrected chi connectivity index (χ1v) is 10.5. The molecule has 0 bridgehead atoms. The normalized spacial score (nSPS) is 24.8. The van der Waals surface area contributed by atoms with Gasteiger partial charge >= 0.3 is 0 Å². The first-order valence-electron chi connectivity index (χ1n) is 9.75. The minimum Gasteiger partial charge on any atom is -0.495 e. The van der Waals surface area contributed by atoms with Gasteiger partial charge in [-0.2, -0.15) is 0 Å². The number of rotatable bonds is 3. The maximum atomic E-state index is 13.0.